The first kappa shape index (κ1) is 6.55. The molecule has 0 unspecified atom stereocenters. The lowest BCUT2D eigenvalue weighted by molar-refractivity contribution is -0.141. The van der Waals surface area contributed by atoms with Crippen LogP contribution < -0.4 is 0 Å². The fraction of sp³-hybridized carbons (Fsp3) is 0.667. The van der Waals surface area contributed by atoms with Gasteiger partial charge in [0.05, 0.1) is 6.61 Å². The first-order valence-electron chi connectivity index (χ1n) is 2.99. The van der Waals surface area contributed by atoms with E-state index in [-0.39, 0.29) is 12.5 Å². The quantitative estimate of drug-likeness (QED) is 0.484. The summed E-state index contributed by atoms with van der Waals surface area (Å²) in [6.45, 7) is 5.75. The van der Waals surface area contributed by atoms with Crippen molar-refractivity contribution in [1.29, 1.82) is 0 Å². The smallest absolute Gasteiger partial charge is 0.248 e. The van der Waals surface area contributed by atoms with Gasteiger partial charge in [-0.1, -0.05) is 0 Å². The van der Waals surface area contributed by atoms with Crippen molar-refractivity contribution >= 4 is 5.91 Å². The van der Waals surface area contributed by atoms with Crippen LogP contribution in [-0.2, 0) is 9.53 Å². The van der Waals surface area contributed by atoms with Crippen molar-refractivity contribution in [3.05, 3.63) is 6.92 Å². The average molecular weight is 128 g/mol. The zero-order valence-corrected chi connectivity index (χ0v) is 5.30. The molecule has 0 aromatic carbocycles. The Bertz CT molecular complexity index is 114. The molecule has 3 nitrogen and oxygen atoms in total. The number of nitrogens with zero attached hydrogens (tertiary/aromatic N) is 1. The summed E-state index contributed by atoms with van der Waals surface area (Å²) in [4.78, 5) is 12.5. The highest BCUT2D eigenvalue weighted by Gasteiger charge is 2.15. The van der Waals surface area contributed by atoms with Gasteiger partial charge in [0.15, 0.2) is 0 Å². The van der Waals surface area contributed by atoms with Crippen LogP contribution in [0, 0.1) is 6.92 Å². The standard InChI is InChI=1S/C6H10NO2/c1-2-7-3-4-9-5-6(7)8/h1-5H2. The van der Waals surface area contributed by atoms with Crippen molar-refractivity contribution < 1.29 is 9.53 Å². The molecule has 0 saturated carbocycles. The van der Waals surface area contributed by atoms with Crippen molar-refractivity contribution in [3.63, 3.8) is 0 Å². The lowest BCUT2D eigenvalue weighted by atomic mass is 10.4. The number of ether oxygens (including phenoxy) is 1. The van der Waals surface area contributed by atoms with Gasteiger partial charge in [0.1, 0.15) is 6.61 Å². The van der Waals surface area contributed by atoms with Gasteiger partial charge in [0.25, 0.3) is 0 Å². The van der Waals surface area contributed by atoms with Crippen molar-refractivity contribution in [3.8, 4) is 0 Å². The molecule has 1 radical (unpaired) electrons. The van der Waals surface area contributed by atoms with Crippen LogP contribution >= 0.6 is 0 Å². The molecule has 9 heavy (non-hydrogen) atoms. The Kier molecular flexibility index (Phi) is 2.05. The fourth-order valence-corrected chi connectivity index (χ4v) is 0.787. The van der Waals surface area contributed by atoms with Crippen LogP contribution in [-0.4, -0.2) is 37.1 Å². The summed E-state index contributed by atoms with van der Waals surface area (Å²) in [5.41, 5.74) is 0. The van der Waals surface area contributed by atoms with Crippen molar-refractivity contribution in [2.75, 3.05) is 26.3 Å². The molecule has 1 aliphatic rings. The van der Waals surface area contributed by atoms with E-state index in [1.165, 1.54) is 0 Å². The Labute approximate surface area is 54.6 Å². The molecule has 0 aromatic heterocycles. The number of hydrogen-bond donors (Lipinski definition) is 0. The molecule has 1 fully saturated rings. The van der Waals surface area contributed by atoms with E-state index in [2.05, 4.69) is 6.92 Å². The first-order valence-corrected chi connectivity index (χ1v) is 2.99. The van der Waals surface area contributed by atoms with Crippen molar-refractivity contribution in [2.24, 2.45) is 0 Å². The topological polar surface area (TPSA) is 29.5 Å². The number of hydrogen-bond acceptors (Lipinski definition) is 2. The van der Waals surface area contributed by atoms with E-state index in [1.54, 1.807) is 4.90 Å². The lowest BCUT2D eigenvalue weighted by Crippen LogP contribution is -2.41. The molecule has 0 spiro atoms. The van der Waals surface area contributed by atoms with Crippen LogP contribution in [0.25, 0.3) is 0 Å². The third-order valence-corrected chi connectivity index (χ3v) is 1.35. The minimum Gasteiger partial charge on any atom is -0.370 e. The zero-order valence-electron chi connectivity index (χ0n) is 5.30. The van der Waals surface area contributed by atoms with E-state index in [0.717, 1.165) is 0 Å². The molecule has 1 amide bonds. The Morgan fingerprint density at radius 2 is 2.56 bits per heavy atom. The second kappa shape index (κ2) is 2.82. The van der Waals surface area contributed by atoms with E-state index < -0.39 is 0 Å². The summed E-state index contributed by atoms with van der Waals surface area (Å²) >= 11 is 0. The van der Waals surface area contributed by atoms with Gasteiger partial charge in [-0.2, -0.15) is 0 Å². The normalized spacial score (nSPS) is 20.6. The number of amides is 1. The highest BCUT2D eigenvalue weighted by Crippen LogP contribution is 1.96. The van der Waals surface area contributed by atoms with Gasteiger partial charge < -0.3 is 9.64 Å². The van der Waals surface area contributed by atoms with Gasteiger partial charge in [-0.25, -0.2) is 0 Å². The zero-order chi connectivity index (χ0) is 6.69. The van der Waals surface area contributed by atoms with E-state index in [9.17, 15) is 4.79 Å². The minimum absolute atomic E-state index is 0.0521. The predicted octanol–water partition coefficient (Wildman–Crippen LogP) is -0.321. The summed E-state index contributed by atoms with van der Waals surface area (Å²) in [6.07, 6.45) is 0. The molecule has 51 valence electrons. The SMILES string of the molecule is [CH2]CN1CCOCC1=O. The molecular formula is C6H10NO2. The number of rotatable bonds is 1. The predicted molar refractivity (Wildman–Crippen MR) is 32.8 cm³/mol. The van der Waals surface area contributed by atoms with Crippen LogP contribution in [0.1, 0.15) is 0 Å². The highest BCUT2D eigenvalue weighted by molar-refractivity contribution is 5.77. The molecule has 1 saturated heterocycles. The van der Waals surface area contributed by atoms with E-state index in [0.29, 0.717) is 19.7 Å². The highest BCUT2D eigenvalue weighted by atomic mass is 16.5. The molecule has 1 aliphatic heterocycles. The maximum Gasteiger partial charge on any atom is 0.248 e. The van der Waals surface area contributed by atoms with Crippen molar-refractivity contribution in [2.45, 2.75) is 0 Å². The molecule has 0 N–H and O–H groups in total. The van der Waals surface area contributed by atoms with Gasteiger partial charge in [-0.3, -0.25) is 4.79 Å². The number of morpholine rings is 1. The van der Waals surface area contributed by atoms with Crippen LogP contribution in [0.5, 0.6) is 0 Å². The third-order valence-electron chi connectivity index (χ3n) is 1.35. The summed E-state index contributed by atoms with van der Waals surface area (Å²) in [6, 6.07) is 0. The van der Waals surface area contributed by atoms with Gasteiger partial charge in [-0.15, -0.1) is 0 Å². The monoisotopic (exact) mass is 128 g/mol. The maximum atomic E-state index is 10.8. The van der Waals surface area contributed by atoms with Gasteiger partial charge >= 0.3 is 0 Å². The molecule has 0 aliphatic carbocycles. The summed E-state index contributed by atoms with van der Waals surface area (Å²) in [5, 5.41) is 0. The van der Waals surface area contributed by atoms with E-state index in [1.807, 2.05) is 0 Å². The van der Waals surface area contributed by atoms with Crippen LogP contribution in [0.4, 0.5) is 0 Å². The Balaban J connectivity index is 2.39. The summed E-state index contributed by atoms with van der Waals surface area (Å²) in [7, 11) is 0. The first-order chi connectivity index (χ1) is 4.34. The minimum atomic E-state index is 0.0521. The Hall–Kier alpha value is -0.570. The largest absolute Gasteiger partial charge is 0.370 e. The second-order valence-electron chi connectivity index (χ2n) is 1.93. The molecule has 0 aromatic rings. The van der Waals surface area contributed by atoms with Crippen molar-refractivity contribution in [1.82, 2.24) is 4.90 Å². The van der Waals surface area contributed by atoms with E-state index >= 15 is 0 Å². The number of carbonyl (C=O) groups excluding carboxylic acids is 1. The average Bonchev–Trinajstić information content (AvgIpc) is 1.89. The summed E-state index contributed by atoms with van der Waals surface area (Å²) in [5.74, 6) is 0.0521. The molecule has 0 bridgehead atoms. The lowest BCUT2D eigenvalue weighted by Gasteiger charge is -2.24. The Morgan fingerprint density at radius 3 is 3.00 bits per heavy atom. The summed E-state index contributed by atoms with van der Waals surface area (Å²) < 4.78 is 4.89. The van der Waals surface area contributed by atoms with Crippen LogP contribution in [0.15, 0.2) is 0 Å². The number of carbonyl (C=O) groups is 1. The van der Waals surface area contributed by atoms with Crippen LogP contribution in [0.3, 0.4) is 0 Å². The molecule has 1 heterocycles. The third kappa shape index (κ3) is 1.42. The second-order valence-corrected chi connectivity index (χ2v) is 1.93. The maximum absolute atomic E-state index is 10.8. The fourth-order valence-electron chi connectivity index (χ4n) is 0.787. The molecular weight excluding hydrogens is 118 g/mol. The molecule has 3 heteroatoms. The Morgan fingerprint density at radius 1 is 1.78 bits per heavy atom. The van der Waals surface area contributed by atoms with Gasteiger partial charge in [-0.05, 0) is 6.92 Å². The molecule has 0 atom stereocenters. The van der Waals surface area contributed by atoms with Gasteiger partial charge in [0, 0.05) is 13.1 Å². The molecule has 1 rings (SSSR count). The van der Waals surface area contributed by atoms with Crippen LogP contribution in [0.2, 0.25) is 0 Å². The van der Waals surface area contributed by atoms with Gasteiger partial charge in [0.2, 0.25) is 5.91 Å². The van der Waals surface area contributed by atoms with E-state index in [4.69, 9.17) is 4.74 Å².